The van der Waals surface area contributed by atoms with Crippen molar-refractivity contribution in [3.8, 4) is 22.8 Å². The maximum atomic E-state index is 12.7. The molecule has 4 heterocycles. The fourth-order valence-electron chi connectivity index (χ4n) is 3.84. The Labute approximate surface area is 184 Å². The van der Waals surface area contributed by atoms with Crippen molar-refractivity contribution in [2.45, 2.75) is 18.9 Å². The first kappa shape index (κ1) is 19.7. The molecule has 0 radical (unpaired) electrons. The van der Waals surface area contributed by atoms with Gasteiger partial charge in [-0.2, -0.15) is 0 Å². The summed E-state index contributed by atoms with van der Waals surface area (Å²) in [5.74, 6) is 0.361. The molecule has 2 aliphatic heterocycles. The number of rotatable bonds is 6. The average Bonchev–Trinajstić information content (AvgIpc) is 3.10. The van der Waals surface area contributed by atoms with E-state index in [-0.39, 0.29) is 16.7 Å². The summed E-state index contributed by atoms with van der Waals surface area (Å²) in [6.07, 6.45) is 5.11. The number of aromatic amines is 1. The summed E-state index contributed by atoms with van der Waals surface area (Å²) >= 11 is 6.09. The van der Waals surface area contributed by atoms with Gasteiger partial charge in [0, 0.05) is 36.5 Å². The van der Waals surface area contributed by atoms with Crippen LogP contribution in [-0.2, 0) is 6.42 Å². The number of para-hydroxylation sites is 1. The number of hydrogen-bond donors (Lipinski definition) is 5. The molecule has 0 aliphatic carbocycles. The Morgan fingerprint density at radius 3 is 2.97 bits per heavy atom. The smallest absolute Gasteiger partial charge is 0.255 e. The number of ether oxygens (including phenoxy) is 1. The number of nitrogens with zero attached hydrogens (tertiary/aromatic N) is 1. The molecule has 0 bridgehead atoms. The fourth-order valence-corrected chi connectivity index (χ4v) is 4.01. The minimum atomic E-state index is -0.178. The number of carbonyl (C=O) groups excluding carboxylic acids is 1. The van der Waals surface area contributed by atoms with E-state index in [1.165, 1.54) is 0 Å². The van der Waals surface area contributed by atoms with Gasteiger partial charge in [-0.05, 0) is 31.2 Å². The Kier molecular flexibility index (Phi) is 5.17. The molecule has 8 nitrogen and oxygen atoms in total. The van der Waals surface area contributed by atoms with Gasteiger partial charge in [-0.25, -0.2) is 0 Å². The van der Waals surface area contributed by atoms with Gasteiger partial charge >= 0.3 is 0 Å². The van der Waals surface area contributed by atoms with Crippen LogP contribution in [-0.4, -0.2) is 46.7 Å². The molecule has 0 spiro atoms. The molecule has 1 atom stereocenters. The minimum absolute atomic E-state index is 0.0801. The van der Waals surface area contributed by atoms with E-state index < -0.39 is 0 Å². The van der Waals surface area contributed by atoms with Gasteiger partial charge in [0.05, 0.1) is 33.9 Å². The number of fused-ring (bicyclic) bond motifs is 1. The molecular formula is C22H22ClN5O3. The largest absolute Gasteiger partial charge is 0.504 e. The summed E-state index contributed by atoms with van der Waals surface area (Å²) in [6.45, 7) is 2.10. The number of benzene rings is 1. The van der Waals surface area contributed by atoms with Gasteiger partial charge in [0.15, 0.2) is 5.75 Å². The Balaban J connectivity index is 1.59. The van der Waals surface area contributed by atoms with Crippen molar-refractivity contribution in [1.29, 1.82) is 0 Å². The predicted octanol–water partition coefficient (Wildman–Crippen LogP) is 3.21. The third-order valence-electron chi connectivity index (χ3n) is 5.63. The van der Waals surface area contributed by atoms with Gasteiger partial charge in [0.2, 0.25) is 0 Å². The molecule has 160 valence electrons. The molecule has 3 aromatic rings. The summed E-state index contributed by atoms with van der Waals surface area (Å²) in [5, 5.41) is 20.1. The Bertz CT molecular complexity index is 1140. The summed E-state index contributed by atoms with van der Waals surface area (Å²) in [6, 6.07) is 7.22. The second-order valence-corrected chi connectivity index (χ2v) is 8.03. The van der Waals surface area contributed by atoms with Crippen molar-refractivity contribution in [3.63, 3.8) is 0 Å². The van der Waals surface area contributed by atoms with Crippen LogP contribution < -0.4 is 20.7 Å². The van der Waals surface area contributed by atoms with Crippen LogP contribution in [0.2, 0.25) is 5.02 Å². The zero-order valence-electron chi connectivity index (χ0n) is 16.7. The van der Waals surface area contributed by atoms with Crippen LogP contribution >= 0.6 is 11.6 Å². The van der Waals surface area contributed by atoms with E-state index in [0.717, 1.165) is 24.2 Å². The van der Waals surface area contributed by atoms with Gasteiger partial charge in [-0.1, -0.05) is 17.7 Å². The van der Waals surface area contributed by atoms with Crippen molar-refractivity contribution < 1.29 is 14.6 Å². The van der Waals surface area contributed by atoms with E-state index in [1.807, 2.05) is 6.07 Å². The highest BCUT2D eigenvalue weighted by atomic mass is 35.5. The molecule has 1 aromatic carbocycles. The number of halogens is 1. The van der Waals surface area contributed by atoms with Crippen LogP contribution in [0.1, 0.15) is 22.5 Å². The van der Waals surface area contributed by atoms with E-state index in [4.69, 9.17) is 16.3 Å². The lowest BCUT2D eigenvalue weighted by atomic mass is 10.0. The van der Waals surface area contributed by atoms with E-state index in [2.05, 4.69) is 25.9 Å². The van der Waals surface area contributed by atoms with Gasteiger partial charge in [-0.3, -0.25) is 9.78 Å². The molecule has 1 amide bonds. The number of aromatic hydroxyl groups is 1. The lowest BCUT2D eigenvalue weighted by Crippen LogP contribution is -2.46. The summed E-state index contributed by atoms with van der Waals surface area (Å²) in [5.41, 5.74) is 3.78. The highest BCUT2D eigenvalue weighted by Gasteiger charge is 2.29. The third kappa shape index (κ3) is 3.68. The maximum absolute atomic E-state index is 12.7. The third-order valence-corrected chi connectivity index (χ3v) is 5.94. The van der Waals surface area contributed by atoms with Crippen LogP contribution in [0, 0.1) is 0 Å². The monoisotopic (exact) mass is 439 g/mol. The van der Waals surface area contributed by atoms with Crippen molar-refractivity contribution >= 4 is 28.9 Å². The number of hydrogen-bond acceptors (Lipinski definition) is 6. The molecule has 2 aliphatic rings. The number of phenols is 1. The second-order valence-electron chi connectivity index (χ2n) is 7.62. The van der Waals surface area contributed by atoms with Crippen molar-refractivity contribution in [2.24, 2.45) is 0 Å². The van der Waals surface area contributed by atoms with Crippen LogP contribution in [0.4, 0.5) is 11.4 Å². The lowest BCUT2D eigenvalue weighted by Gasteiger charge is -2.27. The Morgan fingerprint density at radius 1 is 1.29 bits per heavy atom. The SMILES string of the molecule is O=C1NCCc2[nH]c(-c3ccncc3OCC3CCN3)c(Nc3cccc(Cl)c3O)c21. The number of nitrogens with one attached hydrogen (secondary N) is 4. The van der Waals surface area contributed by atoms with Crippen LogP contribution in [0.25, 0.3) is 11.3 Å². The van der Waals surface area contributed by atoms with E-state index in [1.54, 1.807) is 30.6 Å². The molecule has 1 saturated heterocycles. The summed E-state index contributed by atoms with van der Waals surface area (Å²) in [4.78, 5) is 20.3. The molecule has 5 rings (SSSR count). The maximum Gasteiger partial charge on any atom is 0.255 e. The highest BCUT2D eigenvalue weighted by molar-refractivity contribution is 6.32. The first-order chi connectivity index (χ1) is 15.1. The number of amides is 1. The van der Waals surface area contributed by atoms with Crippen molar-refractivity contribution in [3.05, 3.63) is 52.9 Å². The minimum Gasteiger partial charge on any atom is -0.504 e. The predicted molar refractivity (Wildman–Crippen MR) is 118 cm³/mol. The quantitative estimate of drug-likeness (QED) is 0.377. The molecule has 2 aromatic heterocycles. The first-order valence-electron chi connectivity index (χ1n) is 10.2. The normalized spacial score (nSPS) is 17.5. The Hall–Kier alpha value is -3.23. The van der Waals surface area contributed by atoms with E-state index >= 15 is 0 Å². The zero-order valence-corrected chi connectivity index (χ0v) is 17.4. The summed E-state index contributed by atoms with van der Waals surface area (Å²) < 4.78 is 6.06. The number of anilines is 2. The molecule has 31 heavy (non-hydrogen) atoms. The second kappa shape index (κ2) is 8.13. The van der Waals surface area contributed by atoms with Crippen LogP contribution in [0.15, 0.2) is 36.7 Å². The number of H-pyrrole nitrogens is 1. The highest BCUT2D eigenvalue weighted by Crippen LogP contribution is 2.42. The average molecular weight is 440 g/mol. The topological polar surface area (TPSA) is 111 Å². The molecule has 1 fully saturated rings. The number of aromatic nitrogens is 2. The van der Waals surface area contributed by atoms with Gasteiger partial charge in [-0.15, -0.1) is 0 Å². The molecule has 5 N–H and O–H groups in total. The molecule has 9 heteroatoms. The van der Waals surface area contributed by atoms with Crippen molar-refractivity contribution in [2.75, 3.05) is 25.0 Å². The number of phenolic OH excluding ortho intramolecular Hbond substituents is 1. The fraction of sp³-hybridized carbons (Fsp3) is 0.273. The Morgan fingerprint density at radius 2 is 2.16 bits per heavy atom. The lowest BCUT2D eigenvalue weighted by molar-refractivity contribution is 0.0947. The standard InChI is InChI=1S/C22H22ClN5O3/c23-14-2-1-3-16(21(14)29)28-20-18-15(6-9-26-22(18)30)27-19(20)13-5-7-24-10-17(13)31-11-12-4-8-25-12/h1-3,5,7,10,12,25,27-29H,4,6,8-9,11H2,(H,26,30). The van der Waals surface area contributed by atoms with Crippen LogP contribution in [0.3, 0.4) is 0 Å². The molecule has 0 saturated carbocycles. The number of carbonyl (C=O) groups is 1. The van der Waals surface area contributed by atoms with Gasteiger partial charge in [0.25, 0.3) is 5.91 Å². The molecular weight excluding hydrogens is 418 g/mol. The van der Waals surface area contributed by atoms with Crippen LogP contribution in [0.5, 0.6) is 11.5 Å². The van der Waals surface area contributed by atoms with E-state index in [0.29, 0.717) is 54.0 Å². The number of pyridine rings is 1. The van der Waals surface area contributed by atoms with E-state index in [9.17, 15) is 9.90 Å². The van der Waals surface area contributed by atoms with Gasteiger partial charge in [0.1, 0.15) is 12.4 Å². The van der Waals surface area contributed by atoms with Gasteiger partial charge < -0.3 is 30.8 Å². The summed E-state index contributed by atoms with van der Waals surface area (Å²) in [7, 11) is 0. The van der Waals surface area contributed by atoms with Crippen molar-refractivity contribution in [1.82, 2.24) is 20.6 Å². The molecule has 1 unspecified atom stereocenters. The zero-order chi connectivity index (χ0) is 21.4. The first-order valence-corrected chi connectivity index (χ1v) is 10.6.